The summed E-state index contributed by atoms with van der Waals surface area (Å²) < 4.78 is 13.8. The number of rotatable bonds is 6. The molecule has 0 aromatic heterocycles. The Morgan fingerprint density at radius 3 is 2.88 bits per heavy atom. The lowest BCUT2D eigenvalue weighted by atomic mass is 10.0. The zero-order chi connectivity index (χ0) is 17.6. The molecule has 0 saturated carbocycles. The minimum absolute atomic E-state index is 0.0931. The molecule has 1 fully saturated rings. The Morgan fingerprint density at radius 1 is 1.24 bits per heavy atom. The van der Waals surface area contributed by atoms with E-state index in [2.05, 4.69) is 10.2 Å². The van der Waals surface area contributed by atoms with Crippen molar-refractivity contribution >= 4 is 5.78 Å². The van der Waals surface area contributed by atoms with Gasteiger partial charge in [-0.05, 0) is 44.0 Å². The molecule has 1 aliphatic heterocycles. The van der Waals surface area contributed by atoms with Gasteiger partial charge in [0.25, 0.3) is 0 Å². The minimum atomic E-state index is -0.126. The third-order valence-electron chi connectivity index (χ3n) is 4.79. The van der Waals surface area contributed by atoms with Crippen molar-refractivity contribution in [3.8, 4) is 0 Å². The standard InChI is InChI=1S/C21H25FN2O/c1-16(25)18-8-4-6-17(12-18)13-23-20-9-5-11-24(15-20)14-19-7-2-3-10-21(19)22/h2-4,6-8,10,12,20,23H,5,9,11,13-15H2,1H3/t20-/m1/s1. The molecule has 4 heteroatoms. The van der Waals surface area contributed by atoms with E-state index in [4.69, 9.17) is 0 Å². The summed E-state index contributed by atoms with van der Waals surface area (Å²) in [7, 11) is 0. The first-order valence-electron chi connectivity index (χ1n) is 8.91. The first kappa shape index (κ1) is 17.8. The van der Waals surface area contributed by atoms with E-state index in [0.29, 0.717) is 12.6 Å². The molecule has 2 aromatic rings. The van der Waals surface area contributed by atoms with Crippen LogP contribution < -0.4 is 5.32 Å². The van der Waals surface area contributed by atoms with Gasteiger partial charge in [0.2, 0.25) is 0 Å². The Bertz CT molecular complexity index is 731. The van der Waals surface area contributed by atoms with Crippen LogP contribution in [0.2, 0.25) is 0 Å². The molecule has 1 saturated heterocycles. The fraction of sp³-hybridized carbons (Fsp3) is 0.381. The first-order chi connectivity index (χ1) is 12.1. The number of carbonyl (C=O) groups excluding carboxylic acids is 1. The van der Waals surface area contributed by atoms with Crippen LogP contribution in [0.5, 0.6) is 0 Å². The van der Waals surface area contributed by atoms with Crippen LogP contribution in [0.25, 0.3) is 0 Å². The van der Waals surface area contributed by atoms with Gasteiger partial charge in [-0.2, -0.15) is 0 Å². The van der Waals surface area contributed by atoms with Crippen molar-refractivity contribution in [2.75, 3.05) is 13.1 Å². The lowest BCUT2D eigenvalue weighted by Crippen LogP contribution is -2.45. The lowest BCUT2D eigenvalue weighted by molar-refractivity contribution is 0.101. The normalized spacial score (nSPS) is 18.2. The molecule has 0 radical (unpaired) electrons. The average molecular weight is 340 g/mol. The van der Waals surface area contributed by atoms with Gasteiger partial charge in [-0.3, -0.25) is 9.69 Å². The van der Waals surface area contributed by atoms with E-state index in [1.54, 1.807) is 13.0 Å². The largest absolute Gasteiger partial charge is 0.309 e. The van der Waals surface area contributed by atoms with Crippen molar-refractivity contribution in [3.05, 3.63) is 71.0 Å². The van der Waals surface area contributed by atoms with E-state index in [0.717, 1.165) is 49.2 Å². The molecule has 1 N–H and O–H groups in total. The second-order valence-electron chi connectivity index (χ2n) is 6.80. The number of benzene rings is 2. The highest BCUT2D eigenvalue weighted by Gasteiger charge is 2.20. The smallest absolute Gasteiger partial charge is 0.159 e. The monoisotopic (exact) mass is 340 g/mol. The molecule has 2 aromatic carbocycles. The number of piperidine rings is 1. The zero-order valence-corrected chi connectivity index (χ0v) is 14.7. The van der Waals surface area contributed by atoms with Crippen molar-refractivity contribution in [2.24, 2.45) is 0 Å². The molecule has 1 aliphatic rings. The molecule has 132 valence electrons. The summed E-state index contributed by atoms with van der Waals surface area (Å²) in [5.74, 6) is -0.0331. The maximum atomic E-state index is 13.8. The Labute approximate surface area is 148 Å². The quantitative estimate of drug-likeness (QED) is 0.812. The molecule has 3 nitrogen and oxygen atoms in total. The van der Waals surface area contributed by atoms with Crippen molar-refractivity contribution in [2.45, 2.75) is 38.9 Å². The average Bonchev–Trinajstić information content (AvgIpc) is 2.62. The Hall–Kier alpha value is -2.04. The van der Waals surface area contributed by atoms with Gasteiger partial charge in [-0.1, -0.05) is 36.4 Å². The van der Waals surface area contributed by atoms with Crippen LogP contribution in [0.3, 0.4) is 0 Å². The van der Waals surface area contributed by atoms with Crippen LogP contribution in [0.4, 0.5) is 4.39 Å². The maximum Gasteiger partial charge on any atom is 0.159 e. The SMILES string of the molecule is CC(=O)c1cccc(CN[C@@H]2CCCN(Cc3ccccc3F)C2)c1. The topological polar surface area (TPSA) is 32.3 Å². The predicted molar refractivity (Wildman–Crippen MR) is 98.0 cm³/mol. The summed E-state index contributed by atoms with van der Waals surface area (Å²) in [6, 6.07) is 15.2. The number of ketones is 1. The molecular weight excluding hydrogens is 315 g/mol. The van der Waals surface area contributed by atoms with Crippen LogP contribution in [-0.2, 0) is 13.1 Å². The fourth-order valence-corrected chi connectivity index (χ4v) is 3.40. The van der Waals surface area contributed by atoms with Gasteiger partial charge < -0.3 is 5.32 Å². The zero-order valence-electron chi connectivity index (χ0n) is 14.7. The predicted octanol–water partition coefficient (Wildman–Crippen LogP) is 3.78. The van der Waals surface area contributed by atoms with Gasteiger partial charge in [-0.15, -0.1) is 0 Å². The maximum absolute atomic E-state index is 13.8. The summed E-state index contributed by atoms with van der Waals surface area (Å²) in [5, 5.41) is 3.59. The van der Waals surface area contributed by atoms with E-state index in [9.17, 15) is 9.18 Å². The highest BCUT2D eigenvalue weighted by Crippen LogP contribution is 2.16. The molecule has 25 heavy (non-hydrogen) atoms. The van der Waals surface area contributed by atoms with Crippen LogP contribution in [0.15, 0.2) is 48.5 Å². The van der Waals surface area contributed by atoms with Crippen molar-refractivity contribution < 1.29 is 9.18 Å². The molecule has 0 unspecified atom stereocenters. The van der Waals surface area contributed by atoms with Crippen LogP contribution >= 0.6 is 0 Å². The fourth-order valence-electron chi connectivity index (χ4n) is 3.40. The molecule has 1 heterocycles. The number of carbonyl (C=O) groups is 1. The van der Waals surface area contributed by atoms with E-state index in [1.807, 2.05) is 36.4 Å². The van der Waals surface area contributed by atoms with Crippen LogP contribution in [0, 0.1) is 5.82 Å². The Morgan fingerprint density at radius 2 is 2.08 bits per heavy atom. The first-order valence-corrected chi connectivity index (χ1v) is 8.91. The second-order valence-corrected chi connectivity index (χ2v) is 6.80. The van der Waals surface area contributed by atoms with E-state index >= 15 is 0 Å². The number of likely N-dealkylation sites (tertiary alicyclic amines) is 1. The van der Waals surface area contributed by atoms with Crippen molar-refractivity contribution in [1.29, 1.82) is 0 Å². The van der Waals surface area contributed by atoms with Gasteiger partial charge in [0.05, 0.1) is 0 Å². The summed E-state index contributed by atoms with van der Waals surface area (Å²) in [6.07, 6.45) is 2.24. The Kier molecular flexibility index (Phi) is 5.95. The highest BCUT2D eigenvalue weighted by atomic mass is 19.1. The Balaban J connectivity index is 1.54. The molecular formula is C21H25FN2O. The number of nitrogens with zero attached hydrogens (tertiary/aromatic N) is 1. The van der Waals surface area contributed by atoms with E-state index in [-0.39, 0.29) is 11.6 Å². The van der Waals surface area contributed by atoms with Crippen molar-refractivity contribution in [3.63, 3.8) is 0 Å². The molecule has 3 rings (SSSR count). The van der Waals surface area contributed by atoms with E-state index in [1.165, 1.54) is 6.07 Å². The van der Waals surface area contributed by atoms with Crippen LogP contribution in [0.1, 0.15) is 41.3 Å². The third kappa shape index (κ3) is 4.97. The molecule has 0 aliphatic carbocycles. The molecule has 0 spiro atoms. The summed E-state index contributed by atoms with van der Waals surface area (Å²) in [5.41, 5.74) is 2.64. The van der Waals surface area contributed by atoms with Crippen molar-refractivity contribution in [1.82, 2.24) is 10.2 Å². The third-order valence-corrected chi connectivity index (χ3v) is 4.79. The molecule has 0 amide bonds. The number of Topliss-reactive ketones (excluding diaryl/α,β-unsaturated/α-hetero) is 1. The second kappa shape index (κ2) is 8.37. The molecule has 1 atom stereocenters. The van der Waals surface area contributed by atoms with Gasteiger partial charge in [-0.25, -0.2) is 4.39 Å². The minimum Gasteiger partial charge on any atom is -0.309 e. The van der Waals surface area contributed by atoms with Gasteiger partial charge in [0, 0.05) is 36.8 Å². The highest BCUT2D eigenvalue weighted by molar-refractivity contribution is 5.94. The van der Waals surface area contributed by atoms with Crippen LogP contribution in [-0.4, -0.2) is 29.8 Å². The number of halogens is 1. The number of hydrogen-bond acceptors (Lipinski definition) is 3. The number of hydrogen-bond donors (Lipinski definition) is 1. The summed E-state index contributed by atoms with van der Waals surface area (Å²) in [6.45, 7) is 4.92. The van der Waals surface area contributed by atoms with Gasteiger partial charge in [0.15, 0.2) is 5.78 Å². The summed E-state index contributed by atoms with van der Waals surface area (Å²) >= 11 is 0. The summed E-state index contributed by atoms with van der Waals surface area (Å²) in [4.78, 5) is 13.8. The van der Waals surface area contributed by atoms with E-state index < -0.39 is 0 Å². The lowest BCUT2D eigenvalue weighted by Gasteiger charge is -2.33. The van der Waals surface area contributed by atoms with Gasteiger partial charge >= 0.3 is 0 Å². The number of nitrogens with one attached hydrogen (secondary N) is 1. The van der Waals surface area contributed by atoms with Gasteiger partial charge in [0.1, 0.15) is 5.82 Å². The molecule has 0 bridgehead atoms.